The molecule has 1 aliphatic heterocycles. The third-order valence-corrected chi connectivity index (χ3v) is 3.03. The number of rotatable bonds is 4. The van der Waals surface area contributed by atoms with Gasteiger partial charge >= 0.3 is 5.97 Å². The summed E-state index contributed by atoms with van der Waals surface area (Å²) in [6, 6.07) is 6.43. The van der Waals surface area contributed by atoms with Gasteiger partial charge in [0, 0.05) is 0 Å². The van der Waals surface area contributed by atoms with Gasteiger partial charge in [-0.3, -0.25) is 9.59 Å². The first-order valence-corrected chi connectivity index (χ1v) is 7.12. The molecule has 0 unspecified atom stereocenters. The van der Waals surface area contributed by atoms with Crippen LogP contribution in [0.5, 0.6) is 0 Å². The topological polar surface area (TPSA) is 72.9 Å². The van der Waals surface area contributed by atoms with E-state index >= 15 is 0 Å². The molecule has 1 heterocycles. The maximum atomic E-state index is 12.2. The van der Waals surface area contributed by atoms with Crippen LogP contribution in [0.2, 0.25) is 0 Å². The number of carbonyl (C=O) groups is 3. The lowest BCUT2D eigenvalue weighted by Gasteiger charge is -2.25. The molecule has 2 amide bonds. The largest absolute Gasteiger partial charge is 0.458 e. The van der Waals surface area contributed by atoms with E-state index in [1.54, 1.807) is 52.0 Å². The summed E-state index contributed by atoms with van der Waals surface area (Å²) in [7, 11) is 0. The Morgan fingerprint density at radius 2 is 1.64 bits per heavy atom. The van der Waals surface area contributed by atoms with Crippen molar-refractivity contribution in [1.29, 1.82) is 0 Å². The van der Waals surface area contributed by atoms with Crippen molar-refractivity contribution < 1.29 is 24.0 Å². The molecule has 22 heavy (non-hydrogen) atoms. The molecular weight excluding hydrogens is 286 g/mol. The fourth-order valence-electron chi connectivity index (χ4n) is 2.04. The van der Waals surface area contributed by atoms with Gasteiger partial charge in [-0.05, 0) is 39.3 Å². The molecule has 0 N–H and O–H groups in total. The second-order valence-electron chi connectivity index (χ2n) is 5.99. The molecule has 1 aliphatic rings. The molecule has 0 radical (unpaired) electrons. The molecule has 1 aromatic rings. The van der Waals surface area contributed by atoms with Crippen LogP contribution >= 0.6 is 0 Å². The van der Waals surface area contributed by atoms with Crippen LogP contribution < -0.4 is 0 Å². The quantitative estimate of drug-likeness (QED) is 0.630. The fourth-order valence-corrected chi connectivity index (χ4v) is 2.04. The SMILES string of the molecule is CC[C@@H](ON1C(=O)c2ccccc2C1=O)C(=O)OC(C)(C)C. The number of benzene rings is 1. The van der Waals surface area contributed by atoms with Crippen LogP contribution in [-0.4, -0.2) is 34.6 Å². The van der Waals surface area contributed by atoms with Crippen LogP contribution in [0.4, 0.5) is 0 Å². The van der Waals surface area contributed by atoms with E-state index in [0.29, 0.717) is 5.06 Å². The van der Waals surface area contributed by atoms with Gasteiger partial charge in [-0.1, -0.05) is 19.1 Å². The molecule has 0 bridgehead atoms. The summed E-state index contributed by atoms with van der Waals surface area (Å²) in [6.45, 7) is 6.92. The van der Waals surface area contributed by atoms with Crippen molar-refractivity contribution in [2.45, 2.75) is 45.8 Å². The number of amides is 2. The molecule has 6 heteroatoms. The van der Waals surface area contributed by atoms with Gasteiger partial charge in [0.15, 0.2) is 6.10 Å². The summed E-state index contributed by atoms with van der Waals surface area (Å²) in [5, 5.41) is 0.642. The van der Waals surface area contributed by atoms with Crippen LogP contribution in [0.25, 0.3) is 0 Å². The van der Waals surface area contributed by atoms with E-state index in [2.05, 4.69) is 0 Å². The van der Waals surface area contributed by atoms with E-state index in [1.807, 2.05) is 0 Å². The summed E-state index contributed by atoms with van der Waals surface area (Å²) < 4.78 is 5.24. The third-order valence-electron chi connectivity index (χ3n) is 3.03. The maximum Gasteiger partial charge on any atom is 0.338 e. The first-order valence-electron chi connectivity index (χ1n) is 7.12. The molecule has 6 nitrogen and oxygen atoms in total. The average molecular weight is 305 g/mol. The minimum Gasteiger partial charge on any atom is -0.458 e. The number of hydrogen-bond donors (Lipinski definition) is 0. The highest BCUT2D eigenvalue weighted by Gasteiger charge is 2.39. The number of hydroxylamine groups is 2. The summed E-state index contributed by atoms with van der Waals surface area (Å²) in [6.07, 6.45) is -0.732. The van der Waals surface area contributed by atoms with Gasteiger partial charge in [-0.25, -0.2) is 9.63 Å². The van der Waals surface area contributed by atoms with Crippen molar-refractivity contribution in [1.82, 2.24) is 5.06 Å². The number of nitrogens with zero attached hydrogens (tertiary/aromatic N) is 1. The standard InChI is InChI=1S/C16H19NO5/c1-5-12(15(20)21-16(2,3)4)22-17-13(18)10-8-6-7-9-11(10)14(17)19/h6-9,12H,5H2,1-4H3/t12-/m1/s1. The van der Waals surface area contributed by atoms with Crippen molar-refractivity contribution in [2.75, 3.05) is 0 Å². The summed E-state index contributed by atoms with van der Waals surface area (Å²) in [4.78, 5) is 41.8. The number of ether oxygens (including phenoxy) is 1. The highest BCUT2D eigenvalue weighted by Crippen LogP contribution is 2.24. The number of imide groups is 1. The summed E-state index contributed by atoms with van der Waals surface area (Å²) in [5.74, 6) is -1.74. The first-order chi connectivity index (χ1) is 10.2. The Morgan fingerprint density at radius 1 is 1.14 bits per heavy atom. The predicted molar refractivity (Wildman–Crippen MR) is 78.0 cm³/mol. The van der Waals surface area contributed by atoms with Crippen LogP contribution in [0.15, 0.2) is 24.3 Å². The van der Waals surface area contributed by atoms with E-state index in [4.69, 9.17) is 9.57 Å². The second-order valence-corrected chi connectivity index (χ2v) is 5.99. The van der Waals surface area contributed by atoms with Gasteiger partial charge in [-0.2, -0.15) is 0 Å². The fraction of sp³-hybridized carbons (Fsp3) is 0.438. The zero-order valence-corrected chi connectivity index (χ0v) is 13.1. The molecule has 0 spiro atoms. The van der Waals surface area contributed by atoms with E-state index in [-0.39, 0.29) is 17.5 Å². The third kappa shape index (κ3) is 3.17. The second kappa shape index (κ2) is 5.88. The van der Waals surface area contributed by atoms with E-state index in [0.717, 1.165) is 0 Å². The van der Waals surface area contributed by atoms with Crippen LogP contribution in [0, 0.1) is 0 Å². The lowest BCUT2D eigenvalue weighted by Crippen LogP contribution is -2.40. The van der Waals surface area contributed by atoms with Gasteiger partial charge in [-0.15, -0.1) is 5.06 Å². The van der Waals surface area contributed by atoms with E-state index < -0.39 is 29.5 Å². The minimum atomic E-state index is -1.01. The predicted octanol–water partition coefficient (Wildman–Crippen LogP) is 2.33. The highest BCUT2D eigenvalue weighted by atomic mass is 16.7. The van der Waals surface area contributed by atoms with Gasteiger partial charge in [0.25, 0.3) is 11.8 Å². The maximum absolute atomic E-state index is 12.2. The van der Waals surface area contributed by atoms with Crippen LogP contribution in [0.1, 0.15) is 54.8 Å². The molecule has 2 rings (SSSR count). The number of hydrogen-bond acceptors (Lipinski definition) is 5. The lowest BCUT2D eigenvalue weighted by atomic mass is 10.1. The molecule has 0 fully saturated rings. The molecule has 1 atom stereocenters. The molecule has 0 saturated heterocycles. The number of carbonyl (C=O) groups excluding carboxylic acids is 3. The molecule has 118 valence electrons. The Balaban J connectivity index is 2.15. The van der Waals surface area contributed by atoms with E-state index in [9.17, 15) is 14.4 Å². The van der Waals surface area contributed by atoms with Crippen molar-refractivity contribution in [3.8, 4) is 0 Å². The highest BCUT2D eigenvalue weighted by molar-refractivity contribution is 6.20. The van der Waals surface area contributed by atoms with Crippen molar-refractivity contribution >= 4 is 17.8 Å². The van der Waals surface area contributed by atoms with Gasteiger partial charge in [0.05, 0.1) is 11.1 Å². The van der Waals surface area contributed by atoms with Crippen LogP contribution in [-0.2, 0) is 14.4 Å². The Bertz CT molecular complexity index is 582. The van der Waals surface area contributed by atoms with Gasteiger partial charge in [0.1, 0.15) is 5.60 Å². The lowest BCUT2D eigenvalue weighted by molar-refractivity contribution is -0.189. The monoisotopic (exact) mass is 305 g/mol. The molecular formula is C16H19NO5. The molecule has 0 saturated carbocycles. The average Bonchev–Trinajstić information content (AvgIpc) is 2.67. The summed E-state index contributed by atoms with van der Waals surface area (Å²) >= 11 is 0. The smallest absolute Gasteiger partial charge is 0.338 e. The minimum absolute atomic E-state index is 0.270. The van der Waals surface area contributed by atoms with Gasteiger partial charge in [0.2, 0.25) is 0 Å². The number of esters is 1. The van der Waals surface area contributed by atoms with Crippen molar-refractivity contribution in [2.24, 2.45) is 0 Å². The number of fused-ring (bicyclic) bond motifs is 1. The Morgan fingerprint density at radius 3 is 2.05 bits per heavy atom. The van der Waals surface area contributed by atoms with Crippen LogP contribution in [0.3, 0.4) is 0 Å². The Labute approximate surface area is 129 Å². The Kier molecular flexibility index (Phi) is 4.32. The van der Waals surface area contributed by atoms with Gasteiger partial charge < -0.3 is 4.74 Å². The summed E-state index contributed by atoms with van der Waals surface area (Å²) in [5.41, 5.74) is -0.131. The first kappa shape index (κ1) is 16.2. The zero-order chi connectivity index (χ0) is 16.5. The molecule has 1 aromatic carbocycles. The zero-order valence-electron chi connectivity index (χ0n) is 13.1. The van der Waals surface area contributed by atoms with Crippen molar-refractivity contribution in [3.05, 3.63) is 35.4 Å². The normalized spacial score (nSPS) is 15.7. The molecule has 0 aromatic heterocycles. The molecule has 0 aliphatic carbocycles. The Hall–Kier alpha value is -2.21. The van der Waals surface area contributed by atoms with Crippen molar-refractivity contribution in [3.63, 3.8) is 0 Å². The van der Waals surface area contributed by atoms with E-state index in [1.165, 1.54) is 0 Å².